The van der Waals surface area contributed by atoms with Crippen molar-refractivity contribution in [3.8, 4) is 11.4 Å². The Morgan fingerprint density at radius 2 is 2.12 bits per heavy atom. The molecule has 0 saturated heterocycles. The van der Waals surface area contributed by atoms with Crippen molar-refractivity contribution in [2.75, 3.05) is 0 Å². The van der Waals surface area contributed by atoms with E-state index in [4.69, 9.17) is 0 Å². The van der Waals surface area contributed by atoms with Crippen LogP contribution in [0.4, 0.5) is 0 Å². The predicted octanol–water partition coefficient (Wildman–Crippen LogP) is 1.56. The minimum Gasteiger partial charge on any atom is -0.393 e. The first-order valence-corrected chi connectivity index (χ1v) is 5.92. The van der Waals surface area contributed by atoms with Crippen LogP contribution in [0.3, 0.4) is 0 Å². The molecule has 17 heavy (non-hydrogen) atoms. The first kappa shape index (κ1) is 10.5. The van der Waals surface area contributed by atoms with Gasteiger partial charge in [0.15, 0.2) is 5.82 Å². The van der Waals surface area contributed by atoms with Crippen molar-refractivity contribution in [1.82, 2.24) is 14.8 Å². The van der Waals surface area contributed by atoms with Crippen LogP contribution in [-0.4, -0.2) is 26.0 Å². The number of aromatic nitrogens is 3. The first-order valence-electron chi connectivity index (χ1n) is 5.92. The van der Waals surface area contributed by atoms with Gasteiger partial charge in [0.05, 0.1) is 6.10 Å². The molecule has 4 nitrogen and oxygen atoms in total. The maximum atomic E-state index is 9.61. The van der Waals surface area contributed by atoms with E-state index >= 15 is 0 Å². The van der Waals surface area contributed by atoms with Crippen molar-refractivity contribution < 1.29 is 5.11 Å². The van der Waals surface area contributed by atoms with E-state index in [2.05, 4.69) is 33.8 Å². The highest BCUT2D eigenvalue weighted by Gasteiger charge is 2.22. The van der Waals surface area contributed by atoms with Gasteiger partial charge in [0.1, 0.15) is 5.82 Å². The number of aryl methyl sites for hydroxylation is 1. The zero-order chi connectivity index (χ0) is 11.8. The summed E-state index contributed by atoms with van der Waals surface area (Å²) in [5.41, 5.74) is 2.33. The largest absolute Gasteiger partial charge is 0.393 e. The Hall–Kier alpha value is -1.68. The summed E-state index contributed by atoms with van der Waals surface area (Å²) in [6.07, 6.45) is 1.12. The van der Waals surface area contributed by atoms with Gasteiger partial charge in [0, 0.05) is 18.5 Å². The van der Waals surface area contributed by atoms with Gasteiger partial charge in [0.2, 0.25) is 0 Å². The third-order valence-electron chi connectivity index (χ3n) is 3.32. The third-order valence-corrected chi connectivity index (χ3v) is 3.32. The van der Waals surface area contributed by atoms with Crippen molar-refractivity contribution in [2.24, 2.45) is 0 Å². The molecular weight excluding hydrogens is 214 g/mol. The van der Waals surface area contributed by atoms with Gasteiger partial charge in [-0.1, -0.05) is 24.3 Å². The van der Waals surface area contributed by atoms with Gasteiger partial charge in [-0.2, -0.15) is 0 Å². The Kier molecular flexibility index (Phi) is 2.44. The number of aliphatic hydroxyl groups is 1. The van der Waals surface area contributed by atoms with Crippen LogP contribution in [0.15, 0.2) is 24.3 Å². The lowest BCUT2D eigenvalue weighted by Crippen LogP contribution is -2.23. The molecular formula is C13H15N3O. The van der Waals surface area contributed by atoms with Gasteiger partial charge < -0.3 is 9.67 Å². The Morgan fingerprint density at radius 1 is 1.29 bits per heavy atom. The second-order valence-electron chi connectivity index (χ2n) is 4.55. The SMILES string of the molecule is Cc1ccccc1-c1nnc2n1CCC(O)C2. The molecule has 0 aliphatic carbocycles. The lowest BCUT2D eigenvalue weighted by atomic mass is 10.1. The smallest absolute Gasteiger partial charge is 0.164 e. The molecule has 1 aliphatic heterocycles. The summed E-state index contributed by atoms with van der Waals surface area (Å²) in [5.74, 6) is 1.81. The fourth-order valence-corrected chi connectivity index (χ4v) is 2.34. The van der Waals surface area contributed by atoms with Crippen LogP contribution in [0.2, 0.25) is 0 Å². The summed E-state index contributed by atoms with van der Waals surface area (Å²) in [4.78, 5) is 0. The zero-order valence-corrected chi connectivity index (χ0v) is 9.80. The van der Waals surface area contributed by atoms with Crippen molar-refractivity contribution in [3.05, 3.63) is 35.7 Å². The molecule has 0 amide bonds. The molecule has 1 unspecified atom stereocenters. The summed E-state index contributed by atoms with van der Waals surface area (Å²) in [5, 5.41) is 18.1. The van der Waals surface area contributed by atoms with Crippen molar-refractivity contribution in [3.63, 3.8) is 0 Å². The topological polar surface area (TPSA) is 50.9 Å². The monoisotopic (exact) mass is 229 g/mol. The molecule has 3 rings (SSSR count). The molecule has 2 aromatic rings. The average Bonchev–Trinajstić information content (AvgIpc) is 2.72. The molecule has 1 aliphatic rings. The number of hydrogen-bond donors (Lipinski definition) is 1. The van der Waals surface area contributed by atoms with E-state index in [1.54, 1.807) is 0 Å². The van der Waals surface area contributed by atoms with Crippen molar-refractivity contribution >= 4 is 0 Å². The average molecular weight is 229 g/mol. The van der Waals surface area contributed by atoms with E-state index in [-0.39, 0.29) is 6.10 Å². The van der Waals surface area contributed by atoms with E-state index in [0.717, 1.165) is 30.2 Å². The summed E-state index contributed by atoms with van der Waals surface area (Å²) in [6.45, 7) is 2.88. The van der Waals surface area contributed by atoms with Crippen LogP contribution >= 0.6 is 0 Å². The predicted molar refractivity (Wildman–Crippen MR) is 64.5 cm³/mol. The number of benzene rings is 1. The van der Waals surface area contributed by atoms with Gasteiger partial charge in [-0.25, -0.2) is 0 Å². The standard InChI is InChI=1S/C13H15N3O/c1-9-4-2-3-5-11(9)13-15-14-12-8-10(17)6-7-16(12)13/h2-5,10,17H,6-8H2,1H3. The zero-order valence-electron chi connectivity index (χ0n) is 9.80. The molecule has 1 atom stereocenters. The minimum absolute atomic E-state index is 0.267. The number of hydrogen-bond acceptors (Lipinski definition) is 3. The summed E-state index contributed by atoms with van der Waals surface area (Å²) < 4.78 is 2.12. The summed E-state index contributed by atoms with van der Waals surface area (Å²) in [7, 11) is 0. The quantitative estimate of drug-likeness (QED) is 0.807. The Bertz CT molecular complexity index is 547. The van der Waals surface area contributed by atoms with Gasteiger partial charge in [-0.3, -0.25) is 0 Å². The van der Waals surface area contributed by atoms with Gasteiger partial charge >= 0.3 is 0 Å². The first-order chi connectivity index (χ1) is 8.25. The van der Waals surface area contributed by atoms with Crippen LogP contribution in [0.25, 0.3) is 11.4 Å². The number of rotatable bonds is 1. The highest BCUT2D eigenvalue weighted by atomic mass is 16.3. The molecule has 0 bridgehead atoms. The summed E-state index contributed by atoms with van der Waals surface area (Å²) >= 11 is 0. The molecule has 88 valence electrons. The molecule has 0 spiro atoms. The van der Waals surface area contributed by atoms with Crippen molar-refractivity contribution in [2.45, 2.75) is 32.4 Å². The highest BCUT2D eigenvalue weighted by molar-refractivity contribution is 5.60. The normalized spacial score (nSPS) is 19.1. The minimum atomic E-state index is -0.267. The number of aliphatic hydroxyl groups excluding tert-OH is 1. The Balaban J connectivity index is 2.09. The molecule has 1 aromatic heterocycles. The fourth-order valence-electron chi connectivity index (χ4n) is 2.34. The van der Waals surface area contributed by atoms with E-state index in [1.807, 2.05) is 12.1 Å². The number of nitrogens with zero attached hydrogens (tertiary/aromatic N) is 3. The Labute approximate surface area is 99.9 Å². The van der Waals surface area contributed by atoms with Crippen molar-refractivity contribution in [1.29, 1.82) is 0 Å². The Morgan fingerprint density at radius 3 is 2.94 bits per heavy atom. The lowest BCUT2D eigenvalue weighted by Gasteiger charge is -2.19. The van der Waals surface area contributed by atoms with E-state index in [9.17, 15) is 5.11 Å². The van der Waals surface area contributed by atoms with E-state index in [0.29, 0.717) is 6.42 Å². The maximum absolute atomic E-state index is 9.61. The number of fused-ring (bicyclic) bond motifs is 1. The molecule has 0 fully saturated rings. The maximum Gasteiger partial charge on any atom is 0.164 e. The molecule has 2 heterocycles. The molecule has 4 heteroatoms. The van der Waals surface area contributed by atoms with Crippen LogP contribution in [0, 0.1) is 6.92 Å². The lowest BCUT2D eigenvalue weighted by molar-refractivity contribution is 0.142. The van der Waals surface area contributed by atoms with E-state index in [1.165, 1.54) is 5.56 Å². The second-order valence-corrected chi connectivity index (χ2v) is 4.55. The van der Waals surface area contributed by atoms with Gasteiger partial charge in [-0.15, -0.1) is 10.2 Å². The molecule has 1 N–H and O–H groups in total. The highest BCUT2D eigenvalue weighted by Crippen LogP contribution is 2.25. The second kappa shape index (κ2) is 3.96. The molecule has 0 saturated carbocycles. The van der Waals surface area contributed by atoms with Crippen LogP contribution < -0.4 is 0 Å². The third kappa shape index (κ3) is 1.74. The van der Waals surface area contributed by atoms with Gasteiger partial charge in [-0.05, 0) is 18.9 Å². The van der Waals surface area contributed by atoms with Crippen LogP contribution in [0.1, 0.15) is 17.8 Å². The van der Waals surface area contributed by atoms with Crippen LogP contribution in [0.5, 0.6) is 0 Å². The fraction of sp³-hybridized carbons (Fsp3) is 0.385. The van der Waals surface area contributed by atoms with E-state index < -0.39 is 0 Å². The van der Waals surface area contributed by atoms with Gasteiger partial charge in [0.25, 0.3) is 0 Å². The molecule has 1 aromatic carbocycles. The summed E-state index contributed by atoms with van der Waals surface area (Å²) in [6, 6.07) is 8.18. The van der Waals surface area contributed by atoms with Crippen LogP contribution in [-0.2, 0) is 13.0 Å². The molecule has 0 radical (unpaired) electrons.